The van der Waals surface area contributed by atoms with E-state index in [-0.39, 0.29) is 0 Å². The molecule has 0 aromatic carbocycles. The van der Waals surface area contributed by atoms with E-state index in [1.807, 2.05) is 0 Å². The fourth-order valence-corrected chi connectivity index (χ4v) is 2.93. The maximum Gasteiger partial charge on any atom is 0.00387 e. The van der Waals surface area contributed by atoms with Crippen LogP contribution in [0.25, 0.3) is 0 Å². The minimum Gasteiger partial charge on any atom is -0.316 e. The number of hydrogen-bond donors (Lipinski definition) is 1. The lowest BCUT2D eigenvalue weighted by Crippen LogP contribution is -2.32. The van der Waals surface area contributed by atoms with Crippen LogP contribution in [0.4, 0.5) is 0 Å². The lowest BCUT2D eigenvalue weighted by Gasteiger charge is -2.21. The molecule has 108 valence electrons. The molecule has 0 saturated carbocycles. The summed E-state index contributed by atoms with van der Waals surface area (Å²) in [5.74, 6) is 1.78. The van der Waals surface area contributed by atoms with Gasteiger partial charge in [-0.1, -0.05) is 33.1 Å². The zero-order valence-corrected chi connectivity index (χ0v) is 13.0. The molecule has 1 fully saturated rings. The van der Waals surface area contributed by atoms with E-state index in [0.29, 0.717) is 0 Å². The minimum atomic E-state index is 0.725. The highest BCUT2D eigenvalue weighted by molar-refractivity contribution is 4.79. The van der Waals surface area contributed by atoms with E-state index in [1.165, 1.54) is 58.3 Å². The highest BCUT2D eigenvalue weighted by Gasteiger charge is 2.23. The second-order valence-corrected chi connectivity index (χ2v) is 6.32. The molecule has 1 saturated heterocycles. The van der Waals surface area contributed by atoms with E-state index >= 15 is 0 Å². The lowest BCUT2D eigenvalue weighted by molar-refractivity contribution is 0.263. The van der Waals surface area contributed by atoms with Gasteiger partial charge in [0.15, 0.2) is 0 Å². The van der Waals surface area contributed by atoms with Gasteiger partial charge in [-0.15, -0.1) is 0 Å². The largest absolute Gasteiger partial charge is 0.316 e. The Morgan fingerprint density at radius 2 is 2.06 bits per heavy atom. The van der Waals surface area contributed by atoms with Gasteiger partial charge in [-0.3, -0.25) is 0 Å². The fraction of sp³-hybridized carbons (Fsp3) is 1.00. The Labute approximate surface area is 115 Å². The van der Waals surface area contributed by atoms with Crippen molar-refractivity contribution in [3.8, 4) is 0 Å². The molecule has 0 radical (unpaired) electrons. The third kappa shape index (κ3) is 5.71. The predicted molar refractivity (Wildman–Crippen MR) is 81.0 cm³/mol. The molecule has 1 N–H and O–H groups in total. The Morgan fingerprint density at radius 1 is 1.28 bits per heavy atom. The normalized spacial score (nSPS) is 22.8. The van der Waals surface area contributed by atoms with E-state index in [1.54, 1.807) is 0 Å². The summed E-state index contributed by atoms with van der Waals surface area (Å²) in [6.07, 6.45) is 6.85. The van der Waals surface area contributed by atoms with Crippen molar-refractivity contribution in [2.24, 2.45) is 11.8 Å². The molecule has 1 rings (SSSR count). The van der Waals surface area contributed by atoms with Gasteiger partial charge in [0.2, 0.25) is 0 Å². The van der Waals surface area contributed by atoms with Crippen molar-refractivity contribution in [3.63, 3.8) is 0 Å². The van der Waals surface area contributed by atoms with Crippen molar-refractivity contribution >= 4 is 0 Å². The van der Waals surface area contributed by atoms with Gasteiger partial charge in [-0.2, -0.15) is 0 Å². The summed E-state index contributed by atoms with van der Waals surface area (Å²) in [6.45, 7) is 14.3. The van der Waals surface area contributed by atoms with Crippen LogP contribution in [-0.4, -0.2) is 37.1 Å². The van der Waals surface area contributed by atoms with Crippen molar-refractivity contribution < 1.29 is 0 Å². The van der Waals surface area contributed by atoms with E-state index in [0.717, 1.165) is 17.9 Å². The van der Waals surface area contributed by atoms with Crippen LogP contribution in [0.2, 0.25) is 0 Å². The van der Waals surface area contributed by atoms with Gasteiger partial charge >= 0.3 is 0 Å². The number of hydrogen-bond acceptors (Lipinski definition) is 2. The van der Waals surface area contributed by atoms with Crippen LogP contribution in [-0.2, 0) is 0 Å². The first kappa shape index (κ1) is 16.0. The smallest absolute Gasteiger partial charge is 0.00387 e. The van der Waals surface area contributed by atoms with Gasteiger partial charge in [-0.25, -0.2) is 0 Å². The Morgan fingerprint density at radius 3 is 2.61 bits per heavy atom. The molecule has 0 amide bonds. The topological polar surface area (TPSA) is 15.3 Å². The quantitative estimate of drug-likeness (QED) is 0.677. The van der Waals surface area contributed by atoms with Crippen LogP contribution in [0, 0.1) is 11.8 Å². The minimum absolute atomic E-state index is 0.725. The fourth-order valence-electron chi connectivity index (χ4n) is 2.93. The molecule has 1 heterocycles. The first-order chi connectivity index (χ1) is 8.67. The van der Waals surface area contributed by atoms with Crippen molar-refractivity contribution in [3.05, 3.63) is 0 Å². The maximum atomic E-state index is 3.72. The van der Waals surface area contributed by atoms with Gasteiger partial charge < -0.3 is 10.2 Å². The second-order valence-electron chi connectivity index (χ2n) is 6.32. The highest BCUT2D eigenvalue weighted by atomic mass is 15.2. The molecule has 1 aliphatic rings. The molecule has 1 aliphatic heterocycles. The molecule has 2 nitrogen and oxygen atoms in total. The molecular weight excluding hydrogens is 220 g/mol. The van der Waals surface area contributed by atoms with Crippen molar-refractivity contribution in [2.75, 3.05) is 26.2 Å². The Bertz CT molecular complexity index is 203. The monoisotopic (exact) mass is 254 g/mol. The summed E-state index contributed by atoms with van der Waals surface area (Å²) < 4.78 is 0. The maximum absolute atomic E-state index is 3.72. The predicted octanol–water partition coefficient (Wildman–Crippen LogP) is 3.52. The van der Waals surface area contributed by atoms with Gasteiger partial charge in [0.25, 0.3) is 0 Å². The van der Waals surface area contributed by atoms with Crippen LogP contribution < -0.4 is 5.32 Å². The second kappa shape index (κ2) is 8.92. The average molecular weight is 254 g/mol. The molecule has 18 heavy (non-hydrogen) atoms. The van der Waals surface area contributed by atoms with Crippen LogP contribution in [0.3, 0.4) is 0 Å². The molecule has 0 spiro atoms. The van der Waals surface area contributed by atoms with Gasteiger partial charge in [0, 0.05) is 12.6 Å². The Hall–Kier alpha value is -0.0800. The number of unbranched alkanes of at least 4 members (excludes halogenated alkanes) is 1. The van der Waals surface area contributed by atoms with Crippen molar-refractivity contribution in [1.82, 2.24) is 10.2 Å². The summed E-state index contributed by atoms with van der Waals surface area (Å²) in [5.41, 5.74) is 0. The highest BCUT2D eigenvalue weighted by Crippen LogP contribution is 2.18. The van der Waals surface area contributed by atoms with Crippen molar-refractivity contribution in [2.45, 2.75) is 65.8 Å². The molecule has 2 unspecified atom stereocenters. The van der Waals surface area contributed by atoms with E-state index in [4.69, 9.17) is 0 Å². The van der Waals surface area contributed by atoms with Crippen LogP contribution >= 0.6 is 0 Å². The standard InChI is InChI=1S/C16H34N2/c1-5-7-8-15(6-2)11-17-12-16-9-10-18(13-16)14(3)4/h14-17H,5-13H2,1-4H3. The van der Waals surface area contributed by atoms with Gasteiger partial charge in [0.1, 0.15) is 0 Å². The molecule has 0 aliphatic carbocycles. The number of rotatable bonds is 9. The van der Waals surface area contributed by atoms with Crippen LogP contribution in [0.1, 0.15) is 59.8 Å². The van der Waals surface area contributed by atoms with E-state index in [2.05, 4.69) is 37.9 Å². The molecule has 2 heteroatoms. The summed E-state index contributed by atoms with van der Waals surface area (Å²) in [7, 11) is 0. The molecule has 0 bridgehead atoms. The third-order valence-corrected chi connectivity index (χ3v) is 4.46. The molecular formula is C16H34N2. The number of nitrogens with zero attached hydrogens (tertiary/aromatic N) is 1. The zero-order chi connectivity index (χ0) is 13.4. The Balaban J connectivity index is 2.10. The number of nitrogens with one attached hydrogen (secondary N) is 1. The first-order valence-corrected chi connectivity index (χ1v) is 8.12. The van der Waals surface area contributed by atoms with Crippen LogP contribution in [0.5, 0.6) is 0 Å². The summed E-state index contributed by atoms with van der Waals surface area (Å²) in [4.78, 5) is 2.61. The summed E-state index contributed by atoms with van der Waals surface area (Å²) in [6, 6.07) is 0.725. The van der Waals surface area contributed by atoms with Gasteiger partial charge in [0.05, 0.1) is 0 Å². The van der Waals surface area contributed by atoms with Gasteiger partial charge in [-0.05, 0) is 58.2 Å². The average Bonchev–Trinajstić information content (AvgIpc) is 2.82. The summed E-state index contributed by atoms with van der Waals surface area (Å²) >= 11 is 0. The molecule has 0 aromatic rings. The lowest BCUT2D eigenvalue weighted by atomic mass is 9.99. The molecule has 2 atom stereocenters. The van der Waals surface area contributed by atoms with Crippen molar-refractivity contribution in [1.29, 1.82) is 0 Å². The van der Waals surface area contributed by atoms with Crippen LogP contribution in [0.15, 0.2) is 0 Å². The zero-order valence-electron chi connectivity index (χ0n) is 13.0. The Kier molecular flexibility index (Phi) is 7.92. The summed E-state index contributed by atoms with van der Waals surface area (Å²) in [5, 5.41) is 3.72. The third-order valence-electron chi connectivity index (χ3n) is 4.46. The number of likely N-dealkylation sites (tertiary alicyclic amines) is 1. The SMILES string of the molecule is CCCCC(CC)CNCC1CCN(C(C)C)C1. The van der Waals surface area contributed by atoms with E-state index < -0.39 is 0 Å². The molecule has 0 aromatic heterocycles. The first-order valence-electron chi connectivity index (χ1n) is 8.12. The van der Waals surface area contributed by atoms with E-state index in [9.17, 15) is 0 Å².